The van der Waals surface area contributed by atoms with Gasteiger partial charge < -0.3 is 14.6 Å². The van der Waals surface area contributed by atoms with Crippen LogP contribution in [0.4, 0.5) is 0 Å². The average molecular weight is 237 g/mol. The molecule has 0 aliphatic carbocycles. The van der Waals surface area contributed by atoms with Gasteiger partial charge in [-0.05, 0) is 24.6 Å². The van der Waals surface area contributed by atoms with Gasteiger partial charge in [0.15, 0.2) is 0 Å². The second kappa shape index (κ2) is 6.00. The van der Waals surface area contributed by atoms with Gasteiger partial charge in [-0.3, -0.25) is 4.90 Å². The van der Waals surface area contributed by atoms with Crippen molar-refractivity contribution in [1.29, 1.82) is 0 Å². The van der Waals surface area contributed by atoms with E-state index < -0.39 is 0 Å². The van der Waals surface area contributed by atoms with E-state index in [2.05, 4.69) is 4.90 Å². The number of aromatic hydroxyl groups is 1. The van der Waals surface area contributed by atoms with Crippen molar-refractivity contribution in [2.24, 2.45) is 0 Å². The van der Waals surface area contributed by atoms with Crippen LogP contribution in [0, 0.1) is 0 Å². The fourth-order valence-corrected chi connectivity index (χ4v) is 2.06. The molecule has 17 heavy (non-hydrogen) atoms. The van der Waals surface area contributed by atoms with Crippen molar-refractivity contribution in [1.82, 2.24) is 4.90 Å². The third kappa shape index (κ3) is 3.19. The molecule has 4 heteroatoms. The molecule has 0 saturated carbocycles. The minimum atomic E-state index is -0.0870. The normalized spacial score (nSPS) is 19.1. The Balaban J connectivity index is 2.15. The second-order valence-electron chi connectivity index (χ2n) is 4.05. The van der Waals surface area contributed by atoms with Crippen LogP contribution >= 0.6 is 0 Å². The number of rotatable bonds is 4. The highest BCUT2D eigenvalue weighted by molar-refractivity contribution is 5.28. The van der Waals surface area contributed by atoms with Crippen LogP contribution in [-0.2, 0) is 9.47 Å². The van der Waals surface area contributed by atoms with Gasteiger partial charge in [0.1, 0.15) is 12.0 Å². The number of phenolic OH excluding ortho intramolecular Hbond substituents is 1. The van der Waals surface area contributed by atoms with Gasteiger partial charge in [-0.1, -0.05) is 12.1 Å². The summed E-state index contributed by atoms with van der Waals surface area (Å²) in [6.45, 7) is 5.83. The van der Waals surface area contributed by atoms with Crippen LogP contribution in [0.3, 0.4) is 0 Å². The molecule has 0 aromatic heterocycles. The number of benzene rings is 1. The highest BCUT2D eigenvalue weighted by atomic mass is 16.5. The standard InChI is InChI=1S/C13H19NO3/c1-2-17-13(14-6-8-16-9-7-14)11-4-3-5-12(15)10-11/h3-5,10,13,15H,2,6-9H2,1H3. The first-order valence-corrected chi connectivity index (χ1v) is 6.03. The molecular formula is C13H19NO3. The summed E-state index contributed by atoms with van der Waals surface area (Å²) in [7, 11) is 0. The van der Waals surface area contributed by atoms with Crippen molar-refractivity contribution in [3.63, 3.8) is 0 Å². The van der Waals surface area contributed by atoms with Gasteiger partial charge in [0.05, 0.1) is 13.2 Å². The van der Waals surface area contributed by atoms with E-state index in [-0.39, 0.29) is 12.0 Å². The van der Waals surface area contributed by atoms with E-state index in [0.29, 0.717) is 6.61 Å². The summed E-state index contributed by atoms with van der Waals surface area (Å²) < 4.78 is 11.1. The SMILES string of the molecule is CCOC(c1cccc(O)c1)N1CCOCC1. The molecule has 0 bridgehead atoms. The van der Waals surface area contributed by atoms with E-state index in [1.54, 1.807) is 12.1 Å². The summed E-state index contributed by atoms with van der Waals surface area (Å²) in [5, 5.41) is 9.53. The van der Waals surface area contributed by atoms with E-state index in [1.165, 1.54) is 0 Å². The number of hydrogen-bond acceptors (Lipinski definition) is 4. The highest BCUT2D eigenvalue weighted by Gasteiger charge is 2.22. The predicted octanol–water partition coefficient (Wildman–Crippen LogP) is 1.76. The Kier molecular flexibility index (Phi) is 4.36. The molecule has 0 spiro atoms. The lowest BCUT2D eigenvalue weighted by Crippen LogP contribution is -2.40. The van der Waals surface area contributed by atoms with Gasteiger partial charge in [0, 0.05) is 19.7 Å². The van der Waals surface area contributed by atoms with Crippen LogP contribution in [0.1, 0.15) is 18.7 Å². The maximum atomic E-state index is 9.53. The van der Waals surface area contributed by atoms with Crippen LogP contribution in [-0.4, -0.2) is 42.9 Å². The number of ether oxygens (including phenoxy) is 2. The van der Waals surface area contributed by atoms with E-state index in [0.717, 1.165) is 31.9 Å². The van der Waals surface area contributed by atoms with E-state index >= 15 is 0 Å². The van der Waals surface area contributed by atoms with Gasteiger partial charge in [0.25, 0.3) is 0 Å². The highest BCUT2D eigenvalue weighted by Crippen LogP contribution is 2.25. The topological polar surface area (TPSA) is 41.9 Å². The van der Waals surface area contributed by atoms with Crippen LogP contribution in [0.5, 0.6) is 5.75 Å². The first-order chi connectivity index (χ1) is 8.31. The molecule has 1 saturated heterocycles. The molecule has 1 fully saturated rings. The van der Waals surface area contributed by atoms with Gasteiger partial charge in [0.2, 0.25) is 0 Å². The number of morpholine rings is 1. The van der Waals surface area contributed by atoms with Crippen molar-refractivity contribution >= 4 is 0 Å². The summed E-state index contributed by atoms with van der Waals surface area (Å²) in [4.78, 5) is 2.24. The molecule has 1 aromatic rings. The van der Waals surface area contributed by atoms with Crippen LogP contribution < -0.4 is 0 Å². The van der Waals surface area contributed by atoms with E-state index in [1.807, 2.05) is 19.1 Å². The van der Waals surface area contributed by atoms with Gasteiger partial charge in [-0.25, -0.2) is 0 Å². The third-order valence-electron chi connectivity index (χ3n) is 2.86. The number of phenols is 1. The molecule has 0 amide bonds. The van der Waals surface area contributed by atoms with Crippen molar-refractivity contribution in [2.75, 3.05) is 32.9 Å². The lowest BCUT2D eigenvalue weighted by Gasteiger charge is -2.34. The minimum Gasteiger partial charge on any atom is -0.508 e. The van der Waals surface area contributed by atoms with Crippen LogP contribution in [0.15, 0.2) is 24.3 Å². The number of hydrogen-bond donors (Lipinski definition) is 1. The van der Waals surface area contributed by atoms with Gasteiger partial charge in [-0.15, -0.1) is 0 Å². The lowest BCUT2D eigenvalue weighted by atomic mass is 10.1. The lowest BCUT2D eigenvalue weighted by molar-refractivity contribution is -0.0958. The van der Waals surface area contributed by atoms with Crippen molar-refractivity contribution < 1.29 is 14.6 Å². The van der Waals surface area contributed by atoms with E-state index in [4.69, 9.17) is 9.47 Å². The monoisotopic (exact) mass is 237 g/mol. The molecule has 4 nitrogen and oxygen atoms in total. The summed E-state index contributed by atoms with van der Waals surface area (Å²) >= 11 is 0. The molecule has 1 aliphatic rings. The van der Waals surface area contributed by atoms with Crippen molar-refractivity contribution in [2.45, 2.75) is 13.2 Å². The first-order valence-electron chi connectivity index (χ1n) is 6.03. The summed E-state index contributed by atoms with van der Waals surface area (Å²) in [5.41, 5.74) is 0.994. The summed E-state index contributed by atoms with van der Waals surface area (Å²) in [5.74, 6) is 0.278. The summed E-state index contributed by atoms with van der Waals surface area (Å²) in [6.07, 6.45) is -0.0870. The number of nitrogens with zero attached hydrogens (tertiary/aromatic N) is 1. The molecule has 1 aromatic carbocycles. The fourth-order valence-electron chi connectivity index (χ4n) is 2.06. The van der Waals surface area contributed by atoms with Crippen molar-refractivity contribution in [3.05, 3.63) is 29.8 Å². The first kappa shape index (κ1) is 12.4. The second-order valence-corrected chi connectivity index (χ2v) is 4.05. The Morgan fingerprint density at radius 3 is 2.82 bits per heavy atom. The maximum Gasteiger partial charge on any atom is 0.137 e. The average Bonchev–Trinajstić information content (AvgIpc) is 2.37. The zero-order valence-corrected chi connectivity index (χ0v) is 10.1. The Morgan fingerprint density at radius 2 is 2.18 bits per heavy atom. The Labute approximate surface area is 102 Å². The molecule has 1 unspecified atom stereocenters. The Bertz CT molecular complexity index is 350. The van der Waals surface area contributed by atoms with Gasteiger partial charge in [-0.2, -0.15) is 0 Å². The quantitative estimate of drug-likeness (QED) is 0.866. The maximum absolute atomic E-state index is 9.53. The molecule has 1 aliphatic heterocycles. The molecule has 2 rings (SSSR count). The van der Waals surface area contributed by atoms with Crippen LogP contribution in [0.2, 0.25) is 0 Å². The zero-order valence-electron chi connectivity index (χ0n) is 10.1. The van der Waals surface area contributed by atoms with Crippen molar-refractivity contribution in [3.8, 4) is 5.75 Å². The Hall–Kier alpha value is -1.10. The molecule has 94 valence electrons. The molecule has 1 heterocycles. The minimum absolute atomic E-state index is 0.0870. The molecule has 1 N–H and O–H groups in total. The molecule has 1 atom stereocenters. The molecular weight excluding hydrogens is 218 g/mol. The smallest absolute Gasteiger partial charge is 0.137 e. The third-order valence-corrected chi connectivity index (χ3v) is 2.86. The Morgan fingerprint density at radius 1 is 1.41 bits per heavy atom. The van der Waals surface area contributed by atoms with Gasteiger partial charge >= 0.3 is 0 Å². The summed E-state index contributed by atoms with van der Waals surface area (Å²) in [6, 6.07) is 7.26. The van der Waals surface area contributed by atoms with E-state index in [9.17, 15) is 5.11 Å². The largest absolute Gasteiger partial charge is 0.508 e. The zero-order chi connectivity index (χ0) is 12.1. The van der Waals surface area contributed by atoms with Crippen LogP contribution in [0.25, 0.3) is 0 Å². The fraction of sp³-hybridized carbons (Fsp3) is 0.538. The molecule has 0 radical (unpaired) electrons. The predicted molar refractivity (Wildman–Crippen MR) is 64.9 cm³/mol.